The van der Waals surface area contributed by atoms with E-state index >= 15 is 0 Å². The smallest absolute Gasteiger partial charge is 0.232 e. The maximum atomic E-state index is 11.7. The zero-order valence-corrected chi connectivity index (χ0v) is 10.3. The second-order valence-corrected chi connectivity index (χ2v) is 5.54. The first-order valence-corrected chi connectivity index (χ1v) is 5.56. The molecular formula is C12H21NO2. The van der Waals surface area contributed by atoms with Gasteiger partial charge in [-0.15, -0.1) is 0 Å². The number of carbonyl (C=O) groups excluding carboxylic acids is 2. The molecule has 0 aromatic rings. The lowest BCUT2D eigenvalue weighted by atomic mass is 9.74. The van der Waals surface area contributed by atoms with E-state index in [-0.39, 0.29) is 23.1 Å². The first kappa shape index (κ1) is 12.2. The molecule has 2 amide bonds. The van der Waals surface area contributed by atoms with Crippen LogP contribution < -0.4 is 0 Å². The molecular weight excluding hydrogens is 190 g/mol. The molecule has 15 heavy (non-hydrogen) atoms. The maximum Gasteiger partial charge on any atom is 0.232 e. The molecule has 1 aliphatic rings. The number of amides is 2. The molecule has 1 unspecified atom stereocenters. The Morgan fingerprint density at radius 2 is 1.93 bits per heavy atom. The molecule has 1 heterocycles. The summed E-state index contributed by atoms with van der Waals surface area (Å²) >= 11 is 0. The van der Waals surface area contributed by atoms with Crippen LogP contribution in [0.3, 0.4) is 0 Å². The Hall–Kier alpha value is -0.860. The maximum absolute atomic E-state index is 11.7. The quantitative estimate of drug-likeness (QED) is 0.670. The number of hydrogen-bond acceptors (Lipinski definition) is 2. The van der Waals surface area contributed by atoms with Crippen LogP contribution in [0.5, 0.6) is 0 Å². The number of rotatable bonds is 3. The fourth-order valence-electron chi connectivity index (χ4n) is 1.86. The van der Waals surface area contributed by atoms with Crippen molar-refractivity contribution in [2.75, 3.05) is 7.05 Å². The van der Waals surface area contributed by atoms with E-state index in [9.17, 15) is 9.59 Å². The van der Waals surface area contributed by atoms with E-state index in [4.69, 9.17) is 0 Å². The van der Waals surface area contributed by atoms with Gasteiger partial charge in [0.2, 0.25) is 11.8 Å². The number of imide groups is 1. The summed E-state index contributed by atoms with van der Waals surface area (Å²) in [6.07, 6.45) is 1.20. The fraction of sp³-hybridized carbons (Fsp3) is 0.833. The minimum Gasteiger partial charge on any atom is -0.285 e. The number of likely N-dealkylation sites (tertiary alicyclic amines) is 1. The van der Waals surface area contributed by atoms with Crippen molar-refractivity contribution in [3.05, 3.63) is 0 Å². The summed E-state index contributed by atoms with van der Waals surface area (Å²) in [5, 5.41) is 0. The molecule has 86 valence electrons. The van der Waals surface area contributed by atoms with Gasteiger partial charge in [-0.25, -0.2) is 0 Å². The van der Waals surface area contributed by atoms with Crippen molar-refractivity contribution in [1.29, 1.82) is 0 Å². The van der Waals surface area contributed by atoms with Crippen LogP contribution in [0.4, 0.5) is 0 Å². The largest absolute Gasteiger partial charge is 0.285 e. The van der Waals surface area contributed by atoms with Crippen LogP contribution in [0.15, 0.2) is 0 Å². The van der Waals surface area contributed by atoms with Gasteiger partial charge in [0, 0.05) is 19.4 Å². The molecule has 0 aliphatic carbocycles. The third-order valence-electron chi connectivity index (χ3n) is 3.81. The molecule has 0 bridgehead atoms. The van der Waals surface area contributed by atoms with Crippen molar-refractivity contribution in [3.63, 3.8) is 0 Å². The van der Waals surface area contributed by atoms with E-state index in [0.29, 0.717) is 12.3 Å². The van der Waals surface area contributed by atoms with Crippen LogP contribution in [-0.4, -0.2) is 23.8 Å². The molecule has 0 aromatic heterocycles. The molecule has 1 fully saturated rings. The summed E-state index contributed by atoms with van der Waals surface area (Å²) in [7, 11) is 1.58. The van der Waals surface area contributed by atoms with Gasteiger partial charge in [-0.1, -0.05) is 27.7 Å². The third kappa shape index (κ3) is 2.39. The van der Waals surface area contributed by atoms with Gasteiger partial charge in [-0.05, 0) is 17.8 Å². The molecule has 0 saturated carbocycles. The van der Waals surface area contributed by atoms with Crippen LogP contribution in [-0.2, 0) is 9.59 Å². The highest BCUT2D eigenvalue weighted by atomic mass is 16.2. The minimum atomic E-state index is -0.0973. The van der Waals surface area contributed by atoms with Gasteiger partial charge in [0.1, 0.15) is 0 Å². The predicted octanol–water partition coefficient (Wildman–Crippen LogP) is 2.06. The lowest BCUT2D eigenvalue weighted by Crippen LogP contribution is -2.29. The summed E-state index contributed by atoms with van der Waals surface area (Å²) in [6.45, 7) is 8.64. The summed E-state index contributed by atoms with van der Waals surface area (Å²) in [4.78, 5) is 24.3. The average molecular weight is 211 g/mol. The normalized spacial score (nSPS) is 23.1. The zero-order chi connectivity index (χ0) is 11.8. The Labute approximate surface area is 91.8 Å². The van der Waals surface area contributed by atoms with Crippen LogP contribution in [0.2, 0.25) is 0 Å². The van der Waals surface area contributed by atoms with Crippen LogP contribution in [0.25, 0.3) is 0 Å². The molecule has 1 rings (SSSR count). The van der Waals surface area contributed by atoms with Gasteiger partial charge in [0.05, 0.1) is 0 Å². The van der Waals surface area contributed by atoms with Crippen LogP contribution >= 0.6 is 0 Å². The molecule has 0 aromatic carbocycles. The second kappa shape index (κ2) is 3.95. The Kier molecular flexibility index (Phi) is 3.22. The molecule has 0 radical (unpaired) electrons. The van der Waals surface area contributed by atoms with E-state index in [0.717, 1.165) is 6.42 Å². The Morgan fingerprint density at radius 1 is 1.40 bits per heavy atom. The van der Waals surface area contributed by atoms with Gasteiger partial charge in [-0.2, -0.15) is 0 Å². The zero-order valence-electron chi connectivity index (χ0n) is 10.3. The summed E-state index contributed by atoms with van der Waals surface area (Å²) < 4.78 is 0. The highest BCUT2D eigenvalue weighted by Crippen LogP contribution is 2.37. The highest BCUT2D eigenvalue weighted by molar-refractivity contribution is 6.03. The first-order valence-electron chi connectivity index (χ1n) is 5.56. The van der Waals surface area contributed by atoms with E-state index in [2.05, 4.69) is 27.7 Å². The second-order valence-electron chi connectivity index (χ2n) is 5.54. The Bertz CT molecular complexity index is 281. The molecule has 1 saturated heterocycles. The lowest BCUT2D eigenvalue weighted by molar-refractivity contribution is -0.138. The van der Waals surface area contributed by atoms with Gasteiger partial charge >= 0.3 is 0 Å². The topological polar surface area (TPSA) is 37.4 Å². The monoisotopic (exact) mass is 211 g/mol. The van der Waals surface area contributed by atoms with Crippen molar-refractivity contribution in [3.8, 4) is 0 Å². The van der Waals surface area contributed by atoms with E-state index in [1.54, 1.807) is 7.05 Å². The number of carbonyl (C=O) groups is 2. The number of nitrogens with zero attached hydrogens (tertiary/aromatic N) is 1. The van der Waals surface area contributed by atoms with E-state index in [1.165, 1.54) is 4.90 Å². The molecule has 3 nitrogen and oxygen atoms in total. The fourth-order valence-corrected chi connectivity index (χ4v) is 1.86. The van der Waals surface area contributed by atoms with Gasteiger partial charge < -0.3 is 0 Å². The summed E-state index contributed by atoms with van der Waals surface area (Å²) in [5.74, 6) is 0.379. The molecule has 1 aliphatic heterocycles. The molecule has 1 atom stereocenters. The third-order valence-corrected chi connectivity index (χ3v) is 3.81. The molecule has 0 spiro atoms. The van der Waals surface area contributed by atoms with Crippen molar-refractivity contribution >= 4 is 11.8 Å². The Morgan fingerprint density at radius 3 is 2.27 bits per heavy atom. The summed E-state index contributed by atoms with van der Waals surface area (Å²) in [6, 6.07) is 0. The standard InChI is InChI=1S/C12H21NO2/c1-8(2)12(3,4)7-9-6-10(14)13(5)11(9)15/h8-9H,6-7H2,1-5H3. The summed E-state index contributed by atoms with van der Waals surface area (Å²) in [5.41, 5.74) is 0.117. The Balaban J connectivity index is 2.69. The lowest BCUT2D eigenvalue weighted by Gasteiger charge is -2.31. The average Bonchev–Trinajstić information content (AvgIpc) is 2.33. The minimum absolute atomic E-state index is 0.00581. The van der Waals surface area contributed by atoms with E-state index in [1.807, 2.05) is 0 Å². The number of hydrogen-bond donors (Lipinski definition) is 0. The SMILES string of the molecule is CC(C)C(C)(C)CC1CC(=O)N(C)C1=O. The van der Waals surface area contributed by atoms with Gasteiger partial charge in [-0.3, -0.25) is 14.5 Å². The molecule has 0 N–H and O–H groups in total. The van der Waals surface area contributed by atoms with E-state index < -0.39 is 0 Å². The van der Waals surface area contributed by atoms with Crippen molar-refractivity contribution in [2.24, 2.45) is 17.3 Å². The van der Waals surface area contributed by atoms with Gasteiger partial charge in [0.15, 0.2) is 0 Å². The first-order chi connectivity index (χ1) is 6.75. The van der Waals surface area contributed by atoms with Gasteiger partial charge in [0.25, 0.3) is 0 Å². The predicted molar refractivity (Wildman–Crippen MR) is 59.1 cm³/mol. The van der Waals surface area contributed by atoms with Crippen LogP contribution in [0, 0.1) is 17.3 Å². The molecule has 3 heteroatoms. The highest BCUT2D eigenvalue weighted by Gasteiger charge is 2.39. The van der Waals surface area contributed by atoms with Crippen molar-refractivity contribution < 1.29 is 9.59 Å². The van der Waals surface area contributed by atoms with Crippen molar-refractivity contribution in [2.45, 2.75) is 40.5 Å². The van der Waals surface area contributed by atoms with Crippen LogP contribution in [0.1, 0.15) is 40.5 Å². The van der Waals surface area contributed by atoms with Crippen molar-refractivity contribution in [1.82, 2.24) is 4.90 Å².